The van der Waals surface area contributed by atoms with Crippen LogP contribution in [0.3, 0.4) is 0 Å². The molecule has 0 saturated carbocycles. The monoisotopic (exact) mass is 1140 g/mol. The maximum Gasteiger partial charge on any atom is 0.268 e. The molecule has 0 spiro atoms. The lowest BCUT2D eigenvalue weighted by molar-refractivity contribution is -0.870. The number of amides is 1. The zero-order chi connectivity index (χ0) is 58.4. The molecule has 0 fully saturated rings. The number of hydrogen-bond donors (Lipinski definition) is 2. The number of quaternary nitrogens is 1. The number of carbonyl (C=O) groups excluding carboxylic acids is 1. The highest BCUT2D eigenvalue weighted by molar-refractivity contribution is 7.45. The summed E-state index contributed by atoms with van der Waals surface area (Å²) in [5.74, 6) is -0.208. The van der Waals surface area contributed by atoms with E-state index >= 15 is 0 Å². The van der Waals surface area contributed by atoms with Crippen LogP contribution < -0.4 is 10.2 Å². The van der Waals surface area contributed by atoms with Gasteiger partial charge in [-0.3, -0.25) is 9.36 Å². The van der Waals surface area contributed by atoms with Crippen molar-refractivity contribution in [3.8, 4) is 0 Å². The smallest absolute Gasteiger partial charge is 0.268 e. The van der Waals surface area contributed by atoms with Gasteiger partial charge in [0.1, 0.15) is 13.2 Å². The first-order chi connectivity index (χ1) is 39.0. The van der Waals surface area contributed by atoms with Gasteiger partial charge in [0.25, 0.3) is 7.82 Å². The Labute approximate surface area is 497 Å². The van der Waals surface area contributed by atoms with Crippen LogP contribution in [0.15, 0.2) is 85.1 Å². The second-order valence-corrected chi connectivity index (χ2v) is 25.5. The van der Waals surface area contributed by atoms with Gasteiger partial charge in [0.15, 0.2) is 0 Å². The van der Waals surface area contributed by atoms with Gasteiger partial charge in [0.05, 0.1) is 39.9 Å². The summed E-state index contributed by atoms with van der Waals surface area (Å²) >= 11 is 0. The van der Waals surface area contributed by atoms with Gasteiger partial charge in [-0.15, -0.1) is 0 Å². The lowest BCUT2D eigenvalue weighted by Crippen LogP contribution is -2.45. The van der Waals surface area contributed by atoms with Gasteiger partial charge >= 0.3 is 0 Å². The highest BCUT2D eigenvalue weighted by atomic mass is 31.2. The molecule has 466 valence electrons. The van der Waals surface area contributed by atoms with E-state index in [1.807, 2.05) is 27.2 Å². The first kappa shape index (κ1) is 77.7. The second kappa shape index (κ2) is 61.2. The minimum Gasteiger partial charge on any atom is -0.756 e. The minimum atomic E-state index is -4.62. The molecular formula is C71H131N2O6P. The molecule has 0 bridgehead atoms. The normalized spacial score (nSPS) is 14.2. The van der Waals surface area contributed by atoms with Gasteiger partial charge in [-0.05, 0) is 83.5 Å². The molecule has 0 aliphatic carbocycles. The molecule has 2 N–H and O–H groups in total. The van der Waals surface area contributed by atoms with Gasteiger partial charge in [-0.1, -0.05) is 304 Å². The average Bonchev–Trinajstić information content (AvgIpc) is 3.42. The van der Waals surface area contributed by atoms with Crippen molar-refractivity contribution in [3.05, 3.63) is 85.1 Å². The predicted octanol–water partition coefficient (Wildman–Crippen LogP) is 20.9. The van der Waals surface area contributed by atoms with Crippen molar-refractivity contribution in [1.29, 1.82) is 0 Å². The number of allylic oxidation sites excluding steroid dienone is 13. The third-order valence-electron chi connectivity index (χ3n) is 15.1. The molecular weight excluding hydrogens is 1010 g/mol. The fraction of sp³-hybridized carbons (Fsp3) is 0.789. The maximum atomic E-state index is 13.0. The Morgan fingerprint density at radius 1 is 0.450 bits per heavy atom. The Kier molecular flexibility index (Phi) is 59.5. The first-order valence-corrected chi connectivity index (χ1v) is 35.4. The third kappa shape index (κ3) is 63.3. The SMILES string of the molecule is CC/C=C\C/C=C\C/C=C\C/C=C\CCCCCCCCCCCCCCCCCCCCCCCCCCC(=O)NC(COP(=O)([O-])OCC[N+](C)(C)C)C(O)/C=C/CC/C=C/CC/C=C/CCCCCCCCCCCCC. The van der Waals surface area contributed by atoms with Gasteiger partial charge in [-0.2, -0.15) is 0 Å². The molecule has 0 aliphatic rings. The topological polar surface area (TPSA) is 108 Å². The molecule has 3 unspecified atom stereocenters. The summed E-state index contributed by atoms with van der Waals surface area (Å²) in [5.41, 5.74) is 0. The van der Waals surface area contributed by atoms with Crippen molar-refractivity contribution >= 4 is 13.7 Å². The Bertz CT molecular complexity index is 1580. The van der Waals surface area contributed by atoms with Crippen molar-refractivity contribution < 1.29 is 32.9 Å². The van der Waals surface area contributed by atoms with Crippen molar-refractivity contribution in [2.75, 3.05) is 40.9 Å². The first-order valence-electron chi connectivity index (χ1n) is 33.9. The number of aliphatic hydroxyl groups excluding tert-OH is 1. The van der Waals surface area contributed by atoms with Crippen molar-refractivity contribution in [3.63, 3.8) is 0 Å². The Morgan fingerprint density at radius 3 is 1.16 bits per heavy atom. The zero-order valence-corrected chi connectivity index (χ0v) is 54.2. The van der Waals surface area contributed by atoms with Crippen LogP contribution in [0.5, 0.6) is 0 Å². The predicted molar refractivity (Wildman–Crippen MR) is 348 cm³/mol. The molecule has 1 amide bonds. The Morgan fingerprint density at radius 2 is 0.775 bits per heavy atom. The van der Waals surface area contributed by atoms with Crippen LogP contribution in [0, 0.1) is 0 Å². The average molecular weight is 1140 g/mol. The minimum absolute atomic E-state index is 0.00972. The number of carbonyl (C=O) groups is 1. The molecule has 0 aliphatic heterocycles. The highest BCUT2D eigenvalue weighted by Gasteiger charge is 2.23. The van der Waals surface area contributed by atoms with E-state index in [1.165, 1.54) is 218 Å². The molecule has 80 heavy (non-hydrogen) atoms. The van der Waals surface area contributed by atoms with E-state index in [9.17, 15) is 19.4 Å². The molecule has 0 radical (unpaired) electrons. The molecule has 0 aromatic heterocycles. The van der Waals surface area contributed by atoms with E-state index in [0.717, 1.165) is 70.6 Å². The quantitative estimate of drug-likeness (QED) is 0.0272. The van der Waals surface area contributed by atoms with E-state index in [4.69, 9.17) is 9.05 Å². The number of nitrogens with one attached hydrogen (secondary N) is 1. The van der Waals surface area contributed by atoms with E-state index in [0.29, 0.717) is 17.4 Å². The Balaban J connectivity index is 4.03. The molecule has 0 aromatic rings. The summed E-state index contributed by atoms with van der Waals surface area (Å²) in [6.45, 7) is 4.54. The second-order valence-electron chi connectivity index (χ2n) is 24.1. The van der Waals surface area contributed by atoms with Crippen molar-refractivity contribution in [2.24, 2.45) is 0 Å². The van der Waals surface area contributed by atoms with E-state index < -0.39 is 26.6 Å². The molecule has 8 nitrogen and oxygen atoms in total. The van der Waals surface area contributed by atoms with Crippen molar-refractivity contribution in [2.45, 2.75) is 321 Å². The van der Waals surface area contributed by atoms with Crippen LogP contribution in [0.4, 0.5) is 0 Å². The highest BCUT2D eigenvalue weighted by Crippen LogP contribution is 2.38. The van der Waals surface area contributed by atoms with Crippen LogP contribution in [0.25, 0.3) is 0 Å². The fourth-order valence-electron chi connectivity index (χ4n) is 9.83. The molecule has 0 heterocycles. The summed E-state index contributed by atoms with van der Waals surface area (Å²) in [5, 5.41) is 13.9. The zero-order valence-electron chi connectivity index (χ0n) is 53.3. The number of aliphatic hydroxyl groups is 1. The van der Waals surface area contributed by atoms with Gasteiger partial charge in [0.2, 0.25) is 5.91 Å². The third-order valence-corrected chi connectivity index (χ3v) is 16.0. The number of phosphoric ester groups is 1. The van der Waals surface area contributed by atoms with Crippen LogP contribution in [0.1, 0.15) is 309 Å². The summed E-state index contributed by atoms with van der Waals surface area (Å²) in [6, 6.07) is -0.912. The molecule has 3 atom stereocenters. The molecule has 0 saturated heterocycles. The number of nitrogens with zero attached hydrogens (tertiary/aromatic N) is 1. The molecule has 9 heteroatoms. The Hall–Kier alpha value is -2.32. The van der Waals surface area contributed by atoms with E-state index in [-0.39, 0.29) is 12.5 Å². The van der Waals surface area contributed by atoms with Crippen LogP contribution in [0.2, 0.25) is 0 Å². The molecule has 0 aromatic carbocycles. The van der Waals surface area contributed by atoms with Gasteiger partial charge in [0, 0.05) is 6.42 Å². The summed E-state index contributed by atoms with van der Waals surface area (Å²) in [6.07, 6.45) is 87.1. The summed E-state index contributed by atoms with van der Waals surface area (Å²) in [7, 11) is 1.24. The van der Waals surface area contributed by atoms with Crippen LogP contribution in [-0.4, -0.2) is 68.5 Å². The van der Waals surface area contributed by atoms with Crippen LogP contribution in [-0.2, 0) is 18.4 Å². The standard InChI is InChI=1S/C71H131N2O6P/c1-6-8-10-12-14-16-18-20-22-24-26-28-29-30-31-32-33-34-35-36-37-38-39-40-41-42-43-45-47-49-51-53-55-57-59-61-63-65-71(75)72-69(68-79-80(76,77)78-67-66-73(3,4)5)70(74)64-62-60-58-56-54-52-50-48-46-44-27-25-23-21-19-17-15-13-11-9-7-2/h8,10,14,16,20,22,26,28,46,48,54,56,62,64,69-70,74H,6-7,9,11-13,15,17-19,21,23-25,27,29-45,47,49-53,55,57-61,63,65-68H2,1-5H3,(H-,72,75,76,77)/b10-8-,16-14-,22-20-,28-26-,48-46+,56-54+,64-62+. The lowest BCUT2D eigenvalue weighted by atomic mass is 10.0. The lowest BCUT2D eigenvalue weighted by Gasteiger charge is -2.29. The molecule has 0 rings (SSSR count). The number of unbranched alkanes of at least 4 members (excludes halogenated alkanes) is 37. The number of likely N-dealkylation sites (N-methyl/N-ethyl adjacent to an activating group) is 1. The maximum absolute atomic E-state index is 13.0. The van der Waals surface area contributed by atoms with Crippen LogP contribution >= 0.6 is 7.82 Å². The summed E-state index contributed by atoms with van der Waals surface area (Å²) < 4.78 is 23.4. The summed E-state index contributed by atoms with van der Waals surface area (Å²) in [4.78, 5) is 25.6. The number of rotatable bonds is 62. The largest absolute Gasteiger partial charge is 0.756 e. The van der Waals surface area contributed by atoms with E-state index in [1.54, 1.807) is 6.08 Å². The number of phosphoric acid groups is 1. The fourth-order valence-corrected chi connectivity index (χ4v) is 10.5. The van der Waals surface area contributed by atoms with Gasteiger partial charge in [-0.25, -0.2) is 0 Å². The van der Waals surface area contributed by atoms with E-state index in [2.05, 4.69) is 92.1 Å². The van der Waals surface area contributed by atoms with Gasteiger partial charge < -0.3 is 28.8 Å². The van der Waals surface area contributed by atoms with Crippen molar-refractivity contribution in [1.82, 2.24) is 5.32 Å². The number of hydrogen-bond acceptors (Lipinski definition) is 6.